The predicted molar refractivity (Wildman–Crippen MR) is 104 cm³/mol. The average Bonchev–Trinajstić information content (AvgIpc) is 3.10. The summed E-state index contributed by atoms with van der Waals surface area (Å²) in [5.41, 5.74) is 2.13. The minimum Gasteiger partial charge on any atom is -0.342 e. The van der Waals surface area contributed by atoms with Gasteiger partial charge in [-0.1, -0.05) is 18.2 Å². The van der Waals surface area contributed by atoms with Crippen LogP contribution in [-0.4, -0.2) is 43.8 Å². The van der Waals surface area contributed by atoms with E-state index in [1.807, 2.05) is 29.2 Å². The summed E-state index contributed by atoms with van der Waals surface area (Å²) < 4.78 is 27.4. The zero-order valence-electron chi connectivity index (χ0n) is 15.3. The van der Waals surface area contributed by atoms with Crippen LogP contribution in [0.25, 0.3) is 0 Å². The van der Waals surface area contributed by atoms with Crippen molar-refractivity contribution in [2.75, 3.05) is 19.6 Å². The van der Waals surface area contributed by atoms with Crippen LogP contribution in [0.3, 0.4) is 0 Å². The standard InChI is InChI=1S/C20H25N3O3S/c24-20-6-3-14-23(20)15-11-17-7-9-19(10-8-17)27(25,26)22-13-2-5-18-4-1-12-21-16-18/h1,4,7-10,12,16,22H,2-3,5-6,11,13-15H2. The number of sulfonamides is 1. The molecule has 0 bridgehead atoms. The first-order valence-corrected chi connectivity index (χ1v) is 10.8. The lowest BCUT2D eigenvalue weighted by atomic mass is 10.1. The Morgan fingerprint density at radius 1 is 1.07 bits per heavy atom. The monoisotopic (exact) mass is 387 g/mol. The van der Waals surface area contributed by atoms with Gasteiger partial charge in [-0.2, -0.15) is 0 Å². The van der Waals surface area contributed by atoms with Gasteiger partial charge < -0.3 is 4.90 Å². The number of aryl methyl sites for hydroxylation is 1. The summed E-state index contributed by atoms with van der Waals surface area (Å²) >= 11 is 0. The Morgan fingerprint density at radius 3 is 2.56 bits per heavy atom. The van der Waals surface area contributed by atoms with E-state index < -0.39 is 10.0 Å². The number of carbonyl (C=O) groups is 1. The zero-order valence-corrected chi connectivity index (χ0v) is 16.1. The molecule has 1 amide bonds. The second-order valence-electron chi connectivity index (χ2n) is 6.74. The van der Waals surface area contributed by atoms with E-state index in [9.17, 15) is 13.2 Å². The van der Waals surface area contributed by atoms with Crippen LogP contribution >= 0.6 is 0 Å². The van der Waals surface area contributed by atoms with Gasteiger partial charge in [-0.15, -0.1) is 0 Å². The van der Waals surface area contributed by atoms with Crippen LogP contribution in [-0.2, 0) is 27.7 Å². The van der Waals surface area contributed by atoms with Crippen molar-refractivity contribution in [1.29, 1.82) is 0 Å². The molecule has 1 fully saturated rings. The minimum absolute atomic E-state index is 0.213. The van der Waals surface area contributed by atoms with Crippen LogP contribution in [0.2, 0.25) is 0 Å². The molecule has 0 spiro atoms. The highest BCUT2D eigenvalue weighted by atomic mass is 32.2. The smallest absolute Gasteiger partial charge is 0.240 e. The van der Waals surface area contributed by atoms with Gasteiger partial charge >= 0.3 is 0 Å². The van der Waals surface area contributed by atoms with Gasteiger partial charge in [0.1, 0.15) is 0 Å². The molecule has 0 radical (unpaired) electrons. The van der Waals surface area contributed by atoms with Crippen molar-refractivity contribution in [3.63, 3.8) is 0 Å². The van der Waals surface area contributed by atoms with Gasteiger partial charge in [0.05, 0.1) is 4.90 Å². The van der Waals surface area contributed by atoms with E-state index in [2.05, 4.69) is 9.71 Å². The summed E-state index contributed by atoms with van der Waals surface area (Å²) in [6.45, 7) is 1.90. The van der Waals surface area contributed by atoms with Gasteiger partial charge in [0.25, 0.3) is 0 Å². The summed E-state index contributed by atoms with van der Waals surface area (Å²) in [5, 5.41) is 0. The van der Waals surface area contributed by atoms with Crippen LogP contribution in [0.1, 0.15) is 30.4 Å². The number of rotatable bonds is 9. The number of nitrogens with one attached hydrogen (secondary N) is 1. The fourth-order valence-electron chi connectivity index (χ4n) is 3.17. The molecule has 1 saturated heterocycles. The summed E-state index contributed by atoms with van der Waals surface area (Å²) in [7, 11) is -3.50. The van der Waals surface area contributed by atoms with Crippen molar-refractivity contribution in [3.05, 3.63) is 59.9 Å². The maximum absolute atomic E-state index is 12.4. The van der Waals surface area contributed by atoms with Crippen LogP contribution in [0.4, 0.5) is 0 Å². The van der Waals surface area contributed by atoms with Crippen molar-refractivity contribution in [2.45, 2.75) is 37.0 Å². The number of aromatic nitrogens is 1. The van der Waals surface area contributed by atoms with E-state index in [0.29, 0.717) is 25.9 Å². The Labute approximate surface area is 160 Å². The highest BCUT2D eigenvalue weighted by molar-refractivity contribution is 7.89. The second-order valence-corrected chi connectivity index (χ2v) is 8.51. The lowest BCUT2D eigenvalue weighted by molar-refractivity contribution is -0.127. The molecule has 0 unspecified atom stereocenters. The Morgan fingerprint density at radius 2 is 1.89 bits per heavy atom. The number of pyridine rings is 1. The molecule has 27 heavy (non-hydrogen) atoms. The van der Waals surface area contributed by atoms with Crippen molar-refractivity contribution >= 4 is 15.9 Å². The summed E-state index contributed by atoms with van der Waals surface area (Å²) in [6.07, 6.45) is 7.33. The number of nitrogens with zero attached hydrogens (tertiary/aromatic N) is 2. The topological polar surface area (TPSA) is 79.4 Å². The quantitative estimate of drug-likeness (QED) is 0.669. The molecule has 0 saturated carbocycles. The second kappa shape index (κ2) is 9.10. The van der Waals surface area contributed by atoms with Crippen molar-refractivity contribution in [3.8, 4) is 0 Å². The largest absolute Gasteiger partial charge is 0.342 e. The van der Waals surface area contributed by atoms with E-state index in [1.54, 1.807) is 24.5 Å². The fraction of sp³-hybridized carbons (Fsp3) is 0.400. The number of amides is 1. The first kappa shape index (κ1) is 19.5. The molecule has 144 valence electrons. The van der Waals surface area contributed by atoms with Crippen molar-refractivity contribution in [1.82, 2.24) is 14.6 Å². The average molecular weight is 388 g/mol. The molecular weight excluding hydrogens is 362 g/mol. The number of hydrogen-bond donors (Lipinski definition) is 1. The first-order valence-electron chi connectivity index (χ1n) is 9.30. The summed E-state index contributed by atoms with van der Waals surface area (Å²) in [5.74, 6) is 0.213. The summed E-state index contributed by atoms with van der Waals surface area (Å²) in [4.78, 5) is 17.8. The summed E-state index contributed by atoms with van der Waals surface area (Å²) in [6, 6.07) is 10.8. The molecule has 1 aromatic heterocycles. The number of hydrogen-bond acceptors (Lipinski definition) is 4. The van der Waals surface area contributed by atoms with Gasteiger partial charge in [-0.25, -0.2) is 13.1 Å². The first-order chi connectivity index (χ1) is 13.0. The number of likely N-dealkylation sites (tertiary alicyclic amines) is 1. The highest BCUT2D eigenvalue weighted by Gasteiger charge is 2.19. The lowest BCUT2D eigenvalue weighted by Gasteiger charge is -2.15. The molecule has 2 heterocycles. The number of carbonyl (C=O) groups excluding carboxylic acids is 1. The van der Waals surface area contributed by atoms with E-state index >= 15 is 0 Å². The SMILES string of the molecule is O=C1CCCN1CCc1ccc(S(=O)(=O)NCCCc2cccnc2)cc1. The van der Waals surface area contributed by atoms with Crippen LogP contribution in [0, 0.1) is 0 Å². The van der Waals surface area contributed by atoms with E-state index in [4.69, 9.17) is 0 Å². The van der Waals surface area contributed by atoms with Gasteiger partial charge in [0.2, 0.25) is 15.9 Å². The third-order valence-corrected chi connectivity index (χ3v) is 6.21. The molecule has 3 rings (SSSR count). The van der Waals surface area contributed by atoms with Crippen LogP contribution in [0.5, 0.6) is 0 Å². The molecular formula is C20H25N3O3S. The Hall–Kier alpha value is -2.25. The Kier molecular flexibility index (Phi) is 6.58. The van der Waals surface area contributed by atoms with Crippen molar-refractivity contribution in [2.24, 2.45) is 0 Å². The molecule has 0 aliphatic carbocycles. The molecule has 2 aromatic rings. The van der Waals surface area contributed by atoms with Gasteiger partial charge in [-0.05, 0) is 55.0 Å². The molecule has 1 N–H and O–H groups in total. The molecule has 0 atom stereocenters. The molecule has 1 aliphatic rings. The van der Waals surface area contributed by atoms with Gasteiger partial charge in [0, 0.05) is 38.4 Å². The third-order valence-electron chi connectivity index (χ3n) is 4.73. The third kappa shape index (κ3) is 5.61. The minimum atomic E-state index is -3.50. The highest BCUT2D eigenvalue weighted by Crippen LogP contribution is 2.14. The Bertz CT molecular complexity index is 852. The van der Waals surface area contributed by atoms with Gasteiger partial charge in [-0.3, -0.25) is 9.78 Å². The van der Waals surface area contributed by atoms with E-state index in [-0.39, 0.29) is 10.8 Å². The zero-order chi connectivity index (χ0) is 19.1. The Balaban J connectivity index is 1.47. The van der Waals surface area contributed by atoms with E-state index in [0.717, 1.165) is 36.9 Å². The van der Waals surface area contributed by atoms with Gasteiger partial charge in [0.15, 0.2) is 0 Å². The normalized spacial score (nSPS) is 14.7. The maximum atomic E-state index is 12.4. The lowest BCUT2D eigenvalue weighted by Crippen LogP contribution is -2.27. The van der Waals surface area contributed by atoms with E-state index in [1.165, 1.54) is 0 Å². The number of benzene rings is 1. The van der Waals surface area contributed by atoms with Crippen molar-refractivity contribution < 1.29 is 13.2 Å². The van der Waals surface area contributed by atoms with Crippen LogP contribution in [0.15, 0.2) is 53.7 Å². The predicted octanol–water partition coefficient (Wildman–Crippen LogP) is 2.16. The van der Waals surface area contributed by atoms with Crippen LogP contribution < -0.4 is 4.72 Å². The molecule has 7 heteroatoms. The maximum Gasteiger partial charge on any atom is 0.240 e. The fourth-order valence-corrected chi connectivity index (χ4v) is 4.24. The molecule has 1 aliphatic heterocycles. The molecule has 6 nitrogen and oxygen atoms in total. The molecule has 1 aromatic carbocycles.